The van der Waals surface area contributed by atoms with Gasteiger partial charge in [0.15, 0.2) is 0 Å². The van der Waals surface area contributed by atoms with Crippen molar-refractivity contribution >= 4 is 23.5 Å². The van der Waals surface area contributed by atoms with Crippen LogP contribution in [-0.2, 0) is 11.3 Å². The molecule has 0 saturated carbocycles. The molecule has 2 N–H and O–H groups in total. The third-order valence-electron chi connectivity index (χ3n) is 3.43. The van der Waals surface area contributed by atoms with E-state index in [2.05, 4.69) is 20.6 Å². The number of carbonyl (C=O) groups is 2. The number of carbonyl (C=O) groups excluding carboxylic acids is 2. The van der Waals surface area contributed by atoms with Crippen LogP contribution in [0, 0.1) is 0 Å². The highest BCUT2D eigenvalue weighted by Crippen LogP contribution is 2.15. The molecule has 2 heterocycles. The minimum atomic E-state index is -0.444. The van der Waals surface area contributed by atoms with Gasteiger partial charge in [-0.25, -0.2) is 14.8 Å². The van der Waals surface area contributed by atoms with Gasteiger partial charge in [-0.15, -0.1) is 0 Å². The molecule has 0 saturated heterocycles. The van der Waals surface area contributed by atoms with E-state index in [1.165, 1.54) is 25.6 Å². The molecule has 0 aliphatic heterocycles. The van der Waals surface area contributed by atoms with Crippen LogP contribution in [0.3, 0.4) is 0 Å². The molecule has 2 aromatic heterocycles. The molecular weight excluding hydrogens is 336 g/mol. The number of nitrogens with zero attached hydrogens (tertiary/aromatic N) is 2. The monoisotopic (exact) mass is 352 g/mol. The smallest absolute Gasteiger partial charge is 0.337 e. The Labute approximate surface area is 149 Å². The number of amides is 1. The van der Waals surface area contributed by atoms with Crippen LogP contribution in [0.5, 0.6) is 0 Å². The summed E-state index contributed by atoms with van der Waals surface area (Å²) in [6.45, 7) is 0.264. The van der Waals surface area contributed by atoms with Gasteiger partial charge in [0.25, 0.3) is 5.91 Å². The van der Waals surface area contributed by atoms with Crippen molar-refractivity contribution in [2.24, 2.45) is 0 Å². The number of rotatable bonds is 6. The summed E-state index contributed by atoms with van der Waals surface area (Å²) in [7, 11) is 1.32. The molecule has 0 atom stereocenters. The highest BCUT2D eigenvalue weighted by Gasteiger charge is 2.10. The van der Waals surface area contributed by atoms with Crippen molar-refractivity contribution in [1.82, 2.24) is 15.3 Å². The molecule has 1 amide bonds. The predicted molar refractivity (Wildman–Crippen MR) is 93.0 cm³/mol. The Kier molecular flexibility index (Phi) is 5.23. The Morgan fingerprint density at radius 2 is 2.08 bits per heavy atom. The molecule has 0 spiro atoms. The Bertz CT molecular complexity index is 909. The summed E-state index contributed by atoms with van der Waals surface area (Å²) < 4.78 is 9.86. The van der Waals surface area contributed by atoms with Crippen molar-refractivity contribution in [3.8, 4) is 0 Å². The quantitative estimate of drug-likeness (QED) is 0.657. The molecule has 3 rings (SSSR count). The molecule has 0 fully saturated rings. The third kappa shape index (κ3) is 4.23. The van der Waals surface area contributed by atoms with E-state index in [0.29, 0.717) is 17.0 Å². The molecule has 1 aromatic carbocycles. The maximum absolute atomic E-state index is 12.2. The number of anilines is 2. The SMILES string of the molecule is COC(=O)c1cccc(Nc2nccc(C(=O)NCc3ccco3)n2)c1. The summed E-state index contributed by atoms with van der Waals surface area (Å²) in [5.74, 6) is 0.0822. The Hall–Kier alpha value is -3.68. The fourth-order valence-corrected chi connectivity index (χ4v) is 2.19. The lowest BCUT2D eigenvalue weighted by Gasteiger charge is -2.08. The summed E-state index contributed by atoms with van der Waals surface area (Å²) in [4.78, 5) is 32.1. The van der Waals surface area contributed by atoms with E-state index in [1.54, 1.807) is 36.4 Å². The Balaban J connectivity index is 1.69. The number of ether oxygens (including phenoxy) is 1. The lowest BCUT2D eigenvalue weighted by atomic mass is 10.2. The Morgan fingerprint density at radius 1 is 1.19 bits per heavy atom. The van der Waals surface area contributed by atoms with Crippen LogP contribution < -0.4 is 10.6 Å². The highest BCUT2D eigenvalue weighted by molar-refractivity contribution is 5.92. The van der Waals surface area contributed by atoms with Crippen LogP contribution in [0.2, 0.25) is 0 Å². The first-order chi connectivity index (χ1) is 12.7. The molecule has 0 unspecified atom stereocenters. The van der Waals surface area contributed by atoms with Crippen LogP contribution in [-0.4, -0.2) is 29.0 Å². The predicted octanol–water partition coefficient (Wildman–Crippen LogP) is 2.53. The zero-order chi connectivity index (χ0) is 18.4. The second kappa shape index (κ2) is 7.93. The van der Waals surface area contributed by atoms with Gasteiger partial charge in [-0.05, 0) is 36.4 Å². The topological polar surface area (TPSA) is 106 Å². The number of methoxy groups -OCH3 is 1. The van der Waals surface area contributed by atoms with Gasteiger partial charge in [-0.1, -0.05) is 6.07 Å². The maximum Gasteiger partial charge on any atom is 0.337 e. The summed E-state index contributed by atoms with van der Waals surface area (Å²) in [5.41, 5.74) is 1.20. The first-order valence-electron chi connectivity index (χ1n) is 7.75. The van der Waals surface area contributed by atoms with Crippen LogP contribution in [0.25, 0.3) is 0 Å². The number of furan rings is 1. The van der Waals surface area contributed by atoms with E-state index in [9.17, 15) is 9.59 Å². The minimum absolute atomic E-state index is 0.207. The van der Waals surface area contributed by atoms with Gasteiger partial charge in [0.05, 0.1) is 25.5 Å². The van der Waals surface area contributed by atoms with Crippen LogP contribution in [0.15, 0.2) is 59.3 Å². The lowest BCUT2D eigenvalue weighted by molar-refractivity contribution is 0.0600. The van der Waals surface area contributed by atoms with Crippen LogP contribution in [0.1, 0.15) is 26.6 Å². The van der Waals surface area contributed by atoms with E-state index in [1.807, 2.05) is 0 Å². The molecule has 26 heavy (non-hydrogen) atoms. The fourth-order valence-electron chi connectivity index (χ4n) is 2.19. The molecule has 8 heteroatoms. The normalized spacial score (nSPS) is 10.2. The van der Waals surface area contributed by atoms with Gasteiger partial charge < -0.3 is 19.8 Å². The van der Waals surface area contributed by atoms with Gasteiger partial charge >= 0.3 is 5.97 Å². The maximum atomic E-state index is 12.2. The Morgan fingerprint density at radius 3 is 2.85 bits per heavy atom. The second-order valence-electron chi connectivity index (χ2n) is 5.22. The number of hydrogen-bond acceptors (Lipinski definition) is 7. The molecule has 132 valence electrons. The highest BCUT2D eigenvalue weighted by atomic mass is 16.5. The zero-order valence-electron chi connectivity index (χ0n) is 13.9. The fraction of sp³-hybridized carbons (Fsp3) is 0.111. The van der Waals surface area contributed by atoms with Gasteiger partial charge in [0.2, 0.25) is 5.95 Å². The van der Waals surface area contributed by atoms with Gasteiger partial charge in [0, 0.05) is 11.9 Å². The number of esters is 1. The average molecular weight is 352 g/mol. The van der Waals surface area contributed by atoms with Crippen molar-refractivity contribution in [2.75, 3.05) is 12.4 Å². The van der Waals surface area contributed by atoms with Crippen molar-refractivity contribution < 1.29 is 18.7 Å². The summed E-state index contributed by atoms with van der Waals surface area (Å²) in [6, 6.07) is 11.7. The van der Waals surface area contributed by atoms with Crippen LogP contribution in [0.4, 0.5) is 11.6 Å². The van der Waals surface area contributed by atoms with Gasteiger partial charge in [-0.2, -0.15) is 0 Å². The molecular formula is C18H16N4O4. The van der Waals surface area contributed by atoms with Crippen molar-refractivity contribution in [1.29, 1.82) is 0 Å². The third-order valence-corrected chi connectivity index (χ3v) is 3.43. The van der Waals surface area contributed by atoms with Crippen molar-refractivity contribution in [3.63, 3.8) is 0 Å². The molecule has 0 bridgehead atoms. The molecule has 0 radical (unpaired) electrons. The number of nitrogens with one attached hydrogen (secondary N) is 2. The summed E-state index contributed by atoms with van der Waals surface area (Å²) in [6.07, 6.45) is 3.01. The largest absolute Gasteiger partial charge is 0.467 e. The first-order valence-corrected chi connectivity index (χ1v) is 7.75. The molecule has 0 aliphatic carbocycles. The van der Waals surface area contributed by atoms with Crippen LogP contribution >= 0.6 is 0 Å². The van der Waals surface area contributed by atoms with Gasteiger partial charge in [-0.3, -0.25) is 4.79 Å². The summed E-state index contributed by atoms with van der Waals surface area (Å²) >= 11 is 0. The van der Waals surface area contributed by atoms with E-state index >= 15 is 0 Å². The molecule has 8 nitrogen and oxygen atoms in total. The molecule has 3 aromatic rings. The zero-order valence-corrected chi connectivity index (χ0v) is 13.9. The van der Waals surface area contributed by atoms with Crippen molar-refractivity contribution in [2.45, 2.75) is 6.54 Å². The van der Waals surface area contributed by atoms with Crippen molar-refractivity contribution in [3.05, 3.63) is 71.9 Å². The standard InChI is InChI=1S/C18H16N4O4/c1-25-17(24)12-4-2-5-13(10-12)21-18-19-8-7-15(22-18)16(23)20-11-14-6-3-9-26-14/h2-10H,11H2,1H3,(H,20,23)(H,19,21,22). The van der Waals surface area contributed by atoms with E-state index < -0.39 is 5.97 Å². The number of benzene rings is 1. The number of hydrogen-bond donors (Lipinski definition) is 2. The van der Waals surface area contributed by atoms with E-state index in [4.69, 9.17) is 9.15 Å². The van der Waals surface area contributed by atoms with Gasteiger partial charge in [0.1, 0.15) is 11.5 Å². The van der Waals surface area contributed by atoms with E-state index in [0.717, 1.165) is 0 Å². The summed E-state index contributed by atoms with van der Waals surface area (Å²) in [5, 5.41) is 5.67. The molecule has 0 aliphatic rings. The minimum Gasteiger partial charge on any atom is -0.467 e. The first kappa shape index (κ1) is 17.2. The number of aromatic nitrogens is 2. The van der Waals surface area contributed by atoms with E-state index in [-0.39, 0.29) is 24.1 Å². The second-order valence-corrected chi connectivity index (χ2v) is 5.22. The lowest BCUT2D eigenvalue weighted by Crippen LogP contribution is -2.23. The average Bonchev–Trinajstić information content (AvgIpc) is 3.19.